The van der Waals surface area contributed by atoms with Crippen LogP contribution in [0.5, 0.6) is 11.5 Å². The summed E-state index contributed by atoms with van der Waals surface area (Å²) in [6.07, 6.45) is 9.70. The highest BCUT2D eigenvalue weighted by atomic mass is 35.5. The molecule has 252 valence electrons. The summed E-state index contributed by atoms with van der Waals surface area (Å²) in [6.45, 7) is 4.83. The monoisotopic (exact) mass is 655 g/mol. The quantitative estimate of drug-likeness (QED) is 0.0525. The number of halogens is 1. The van der Waals surface area contributed by atoms with Crippen molar-refractivity contribution in [2.75, 3.05) is 26.4 Å². The van der Waals surface area contributed by atoms with Crippen LogP contribution in [0.2, 0.25) is 5.15 Å². The van der Waals surface area contributed by atoms with Gasteiger partial charge in [-0.1, -0.05) is 72.3 Å². The molecular formula is C35H50ClN5O5. The fourth-order valence-corrected chi connectivity index (χ4v) is 4.05. The average Bonchev–Trinajstić information content (AvgIpc) is 3.10. The van der Waals surface area contributed by atoms with Gasteiger partial charge in [-0.05, 0) is 73.9 Å². The Bertz CT molecular complexity index is 1250. The fraction of sp³-hybridized carbons (Fsp3) is 0.371. The minimum absolute atomic E-state index is 0. The molecule has 46 heavy (non-hydrogen) atoms. The zero-order valence-electron chi connectivity index (χ0n) is 26.4. The molecule has 4 aromatic rings. The third-order valence-electron chi connectivity index (χ3n) is 6.33. The first-order valence-corrected chi connectivity index (χ1v) is 15.6. The Labute approximate surface area is 279 Å². The van der Waals surface area contributed by atoms with E-state index < -0.39 is 0 Å². The molecule has 0 spiro atoms. The summed E-state index contributed by atoms with van der Waals surface area (Å²) >= 11 is 5.71. The summed E-state index contributed by atoms with van der Waals surface area (Å²) in [6, 6.07) is 27.8. The summed E-state index contributed by atoms with van der Waals surface area (Å²) in [5, 5.41) is 0.484. The number of pyridine rings is 2. The van der Waals surface area contributed by atoms with Gasteiger partial charge >= 0.3 is 0 Å². The minimum Gasteiger partial charge on any atom is -0.492 e. The average molecular weight is 656 g/mol. The lowest BCUT2D eigenvalue weighted by atomic mass is 10.2. The van der Waals surface area contributed by atoms with E-state index in [0.29, 0.717) is 38.1 Å². The Balaban J connectivity index is 0.000000823. The smallest absolute Gasteiger partial charge is 0.137 e. The van der Waals surface area contributed by atoms with Gasteiger partial charge in [0.25, 0.3) is 0 Å². The molecule has 10 nitrogen and oxygen atoms in total. The molecule has 11 heteroatoms. The van der Waals surface area contributed by atoms with Gasteiger partial charge in [0.15, 0.2) is 0 Å². The van der Waals surface area contributed by atoms with Crippen molar-refractivity contribution in [2.45, 2.75) is 58.3 Å². The number of aromatic nitrogens is 2. The highest BCUT2D eigenvalue weighted by molar-refractivity contribution is 6.29. The lowest BCUT2D eigenvalue weighted by Crippen LogP contribution is -2.02. The molecule has 0 aliphatic carbocycles. The topological polar surface area (TPSA) is 168 Å². The molecular weight excluding hydrogens is 606 g/mol. The lowest BCUT2D eigenvalue weighted by Gasteiger charge is -2.07. The maximum Gasteiger partial charge on any atom is 0.137 e. The Morgan fingerprint density at radius 3 is 1.46 bits per heavy atom. The van der Waals surface area contributed by atoms with Crippen molar-refractivity contribution in [3.8, 4) is 11.5 Å². The zero-order chi connectivity index (χ0) is 32.2. The van der Waals surface area contributed by atoms with Crippen LogP contribution >= 0.6 is 11.6 Å². The number of hydrogen-bond acceptors (Lipinski definition) is 9. The molecule has 0 amide bonds. The van der Waals surface area contributed by atoms with Crippen LogP contribution in [0.1, 0.15) is 56.8 Å². The second-order valence-electron chi connectivity index (χ2n) is 9.90. The van der Waals surface area contributed by atoms with Gasteiger partial charge in [-0.3, -0.25) is 4.98 Å². The van der Waals surface area contributed by atoms with Gasteiger partial charge in [0.2, 0.25) is 0 Å². The van der Waals surface area contributed by atoms with E-state index in [1.54, 1.807) is 18.5 Å². The SMILES string of the molecule is Clc1ccc(OCCCCCOCc2ccccc2)cn1.N=N.NCc1ccc(OCCCCCOCc2ccccc2)cn1.O.[HH]. The first-order valence-electron chi connectivity index (χ1n) is 15.2. The molecule has 0 saturated heterocycles. The Morgan fingerprint density at radius 2 is 1.04 bits per heavy atom. The van der Waals surface area contributed by atoms with E-state index in [9.17, 15) is 0 Å². The number of ether oxygens (including phenoxy) is 4. The third kappa shape index (κ3) is 19.5. The number of hydrogen-bond donors (Lipinski definition) is 3. The summed E-state index contributed by atoms with van der Waals surface area (Å²) < 4.78 is 22.5. The maximum absolute atomic E-state index is 5.71. The van der Waals surface area contributed by atoms with E-state index in [1.165, 1.54) is 11.1 Å². The molecule has 0 bridgehead atoms. The summed E-state index contributed by atoms with van der Waals surface area (Å²) in [4.78, 5) is 8.16. The molecule has 0 unspecified atom stereocenters. The fourth-order valence-electron chi connectivity index (χ4n) is 3.94. The second kappa shape index (κ2) is 27.4. The van der Waals surface area contributed by atoms with Crippen LogP contribution in [-0.4, -0.2) is 41.9 Å². The maximum atomic E-state index is 5.71. The van der Waals surface area contributed by atoms with Crippen molar-refractivity contribution in [1.82, 2.24) is 9.97 Å². The van der Waals surface area contributed by atoms with E-state index in [1.807, 2.05) is 54.6 Å². The van der Waals surface area contributed by atoms with Crippen molar-refractivity contribution in [1.29, 1.82) is 11.1 Å². The van der Waals surface area contributed by atoms with Crippen LogP contribution in [-0.2, 0) is 29.2 Å². The second-order valence-corrected chi connectivity index (χ2v) is 10.3. The van der Waals surface area contributed by atoms with Crippen LogP contribution in [0.15, 0.2) is 97.3 Å². The molecule has 2 aromatic carbocycles. The van der Waals surface area contributed by atoms with Crippen LogP contribution in [0, 0.1) is 11.1 Å². The van der Waals surface area contributed by atoms with Crippen molar-refractivity contribution in [3.05, 3.63) is 119 Å². The Hall–Kier alpha value is -3.93. The molecule has 0 saturated carbocycles. The highest BCUT2D eigenvalue weighted by Gasteiger charge is 1.98. The number of nitrogens with one attached hydrogen (secondary N) is 2. The number of nitrogens with zero attached hydrogens (tertiary/aromatic N) is 2. The van der Waals surface area contributed by atoms with Crippen LogP contribution in [0.25, 0.3) is 0 Å². The van der Waals surface area contributed by atoms with Crippen molar-refractivity contribution < 1.29 is 25.9 Å². The Morgan fingerprint density at radius 1 is 0.587 bits per heavy atom. The largest absolute Gasteiger partial charge is 0.492 e. The minimum atomic E-state index is 0. The number of rotatable bonds is 19. The lowest BCUT2D eigenvalue weighted by molar-refractivity contribution is 0.115. The number of unbranched alkanes of at least 4 members (excludes halogenated alkanes) is 4. The molecule has 4 rings (SSSR count). The highest BCUT2D eigenvalue weighted by Crippen LogP contribution is 2.13. The van der Waals surface area contributed by atoms with E-state index in [2.05, 4.69) is 34.2 Å². The third-order valence-corrected chi connectivity index (χ3v) is 6.56. The molecule has 6 N–H and O–H groups in total. The standard InChI is InChI=1S/C18H24N2O2.C17H20ClNO2.H2N2.H2O.H2/c19-13-17-9-10-18(14-20-17)22-12-6-2-5-11-21-15-16-7-3-1-4-8-16;18-17-10-9-16(13-19-17)21-12-6-2-5-11-20-14-15-7-3-1-4-8-15;1-2;;/h1,3-4,7-10,14H,2,5-6,11-13,15,19H2;1,3-4,7-10,13H,2,5-6,11-12,14H2;1-2H;1H2;1H. The summed E-state index contributed by atoms with van der Waals surface area (Å²) in [5.74, 6) is 1.57. The predicted octanol–water partition coefficient (Wildman–Crippen LogP) is 7.82. The van der Waals surface area contributed by atoms with Crippen molar-refractivity contribution in [3.63, 3.8) is 0 Å². The van der Waals surface area contributed by atoms with E-state index in [0.717, 1.165) is 68.9 Å². The Kier molecular flexibility index (Phi) is 23.9. The van der Waals surface area contributed by atoms with Crippen LogP contribution < -0.4 is 15.2 Å². The van der Waals surface area contributed by atoms with E-state index in [-0.39, 0.29) is 6.90 Å². The molecule has 0 radical (unpaired) electrons. The van der Waals surface area contributed by atoms with E-state index >= 15 is 0 Å². The van der Waals surface area contributed by atoms with Crippen LogP contribution in [0.3, 0.4) is 0 Å². The molecule has 0 fully saturated rings. The first-order chi connectivity index (χ1) is 22.2. The van der Waals surface area contributed by atoms with Gasteiger partial charge < -0.3 is 30.2 Å². The van der Waals surface area contributed by atoms with Crippen molar-refractivity contribution in [2.24, 2.45) is 5.73 Å². The van der Waals surface area contributed by atoms with Gasteiger partial charge in [-0.2, -0.15) is 0 Å². The zero-order valence-corrected chi connectivity index (χ0v) is 27.2. The number of benzene rings is 2. The van der Waals surface area contributed by atoms with Gasteiger partial charge in [0, 0.05) is 21.2 Å². The molecule has 2 heterocycles. The van der Waals surface area contributed by atoms with Crippen molar-refractivity contribution >= 4 is 11.6 Å². The normalized spacial score (nSPS) is 9.96. The molecule has 2 aromatic heterocycles. The molecule has 0 aliphatic rings. The molecule has 0 atom stereocenters. The predicted molar refractivity (Wildman–Crippen MR) is 183 cm³/mol. The van der Waals surface area contributed by atoms with Gasteiger partial charge in [-0.15, -0.1) is 0 Å². The van der Waals surface area contributed by atoms with Gasteiger partial charge in [0.1, 0.15) is 16.7 Å². The first kappa shape index (κ1) is 40.1. The summed E-state index contributed by atoms with van der Waals surface area (Å²) in [5.41, 5.74) is 18.8. The van der Waals surface area contributed by atoms with Gasteiger partial charge in [-0.25, -0.2) is 16.0 Å². The van der Waals surface area contributed by atoms with Crippen LogP contribution in [0.4, 0.5) is 0 Å². The summed E-state index contributed by atoms with van der Waals surface area (Å²) in [7, 11) is 0. The van der Waals surface area contributed by atoms with Gasteiger partial charge in [0.05, 0.1) is 44.5 Å². The molecule has 0 aliphatic heterocycles. The van der Waals surface area contributed by atoms with E-state index in [4.69, 9.17) is 47.3 Å². The number of nitrogens with two attached hydrogens (primary N) is 1.